The Hall–Kier alpha value is -3.91. The molecule has 0 fully saturated rings. The first-order chi connectivity index (χ1) is 17.6. The van der Waals surface area contributed by atoms with Crippen molar-refractivity contribution in [1.82, 2.24) is 0 Å². The van der Waals surface area contributed by atoms with Crippen LogP contribution in [0.3, 0.4) is 0 Å². The lowest BCUT2D eigenvalue weighted by Gasteiger charge is -2.14. The number of anilines is 1. The summed E-state index contributed by atoms with van der Waals surface area (Å²) in [4.78, 5) is 13.5. The number of rotatable bonds is 7. The zero-order chi connectivity index (χ0) is 24.9. The van der Waals surface area contributed by atoms with E-state index in [9.17, 15) is 4.79 Å². The fourth-order valence-corrected chi connectivity index (χ4v) is 4.74. The zero-order valence-electron chi connectivity index (χ0n) is 19.6. The van der Waals surface area contributed by atoms with Gasteiger partial charge in [-0.15, -0.1) is 0 Å². The minimum atomic E-state index is -0.182. The van der Waals surface area contributed by atoms with Crippen LogP contribution in [0.4, 0.5) is 5.69 Å². The monoisotopic (exact) mass is 586 g/mol. The first-order valence-corrected chi connectivity index (χ1v) is 12.5. The molecular formula is C30H23IN2O3. The number of hydrogen-bond donors (Lipinski definition) is 0. The number of carbonyl (C=O) groups is 1. The Morgan fingerprint density at radius 1 is 0.889 bits per heavy atom. The lowest BCUT2D eigenvalue weighted by atomic mass is 10.00. The summed E-state index contributed by atoms with van der Waals surface area (Å²) in [5.74, 6) is 1.09. The van der Waals surface area contributed by atoms with Gasteiger partial charge in [0.15, 0.2) is 11.5 Å². The SMILES string of the molecule is COc1cc(/C=C2\C(=O)N(c3ccccc3)N=C2c2ccccc2)cc(I)c1OCc1ccccc1. The van der Waals surface area contributed by atoms with Crippen molar-refractivity contribution in [3.05, 3.63) is 129 Å². The molecule has 0 N–H and O–H groups in total. The van der Waals surface area contributed by atoms with Gasteiger partial charge in [0.1, 0.15) is 12.3 Å². The van der Waals surface area contributed by atoms with Crippen molar-refractivity contribution in [2.75, 3.05) is 12.1 Å². The third kappa shape index (κ3) is 5.04. The van der Waals surface area contributed by atoms with E-state index in [-0.39, 0.29) is 5.91 Å². The Morgan fingerprint density at radius 2 is 1.53 bits per heavy atom. The summed E-state index contributed by atoms with van der Waals surface area (Å²) in [5, 5.41) is 6.16. The van der Waals surface area contributed by atoms with Crippen LogP contribution in [0.15, 0.2) is 114 Å². The van der Waals surface area contributed by atoms with Gasteiger partial charge in [-0.1, -0.05) is 78.9 Å². The van der Waals surface area contributed by atoms with Gasteiger partial charge in [0, 0.05) is 5.56 Å². The third-order valence-electron chi connectivity index (χ3n) is 5.71. The number of halogens is 1. The number of ether oxygens (including phenoxy) is 2. The largest absolute Gasteiger partial charge is 0.493 e. The normalized spacial score (nSPS) is 14.2. The molecule has 4 aromatic carbocycles. The van der Waals surface area contributed by atoms with E-state index < -0.39 is 0 Å². The molecule has 0 aromatic heterocycles. The standard InChI is InChI=1S/C30H23IN2O3/c1-35-27-19-22(18-26(31)29(27)36-20-21-11-5-2-6-12-21)17-25-28(23-13-7-3-8-14-23)32-33(30(25)34)24-15-9-4-10-16-24/h2-19H,20H2,1H3/b25-17-. The molecule has 5 rings (SSSR count). The molecule has 0 unspecified atom stereocenters. The molecule has 6 heteroatoms. The molecule has 1 aliphatic rings. The van der Waals surface area contributed by atoms with E-state index in [1.54, 1.807) is 7.11 Å². The van der Waals surface area contributed by atoms with Gasteiger partial charge in [0.05, 0.1) is 21.9 Å². The highest BCUT2D eigenvalue weighted by Gasteiger charge is 2.32. The second kappa shape index (κ2) is 10.8. The van der Waals surface area contributed by atoms with Crippen LogP contribution >= 0.6 is 22.6 Å². The smallest absolute Gasteiger partial charge is 0.281 e. The van der Waals surface area contributed by atoms with Crippen LogP contribution in [0.1, 0.15) is 16.7 Å². The van der Waals surface area contributed by atoms with Crippen LogP contribution in [0.5, 0.6) is 11.5 Å². The van der Waals surface area contributed by atoms with E-state index in [2.05, 4.69) is 22.6 Å². The second-order valence-corrected chi connectivity index (χ2v) is 9.30. The molecule has 1 heterocycles. The van der Waals surface area contributed by atoms with Crippen molar-refractivity contribution in [3.8, 4) is 11.5 Å². The molecule has 0 aliphatic carbocycles. The molecule has 0 spiro atoms. The molecule has 0 atom stereocenters. The summed E-state index contributed by atoms with van der Waals surface area (Å²) >= 11 is 2.24. The molecule has 178 valence electrons. The number of carbonyl (C=O) groups excluding carboxylic acids is 1. The lowest BCUT2D eigenvalue weighted by Crippen LogP contribution is -2.21. The Bertz CT molecular complexity index is 1440. The number of hydrogen-bond acceptors (Lipinski definition) is 4. The van der Waals surface area contributed by atoms with Gasteiger partial charge in [-0.25, -0.2) is 0 Å². The average Bonchev–Trinajstić information content (AvgIpc) is 3.25. The van der Waals surface area contributed by atoms with E-state index in [0.717, 1.165) is 25.9 Å². The van der Waals surface area contributed by atoms with E-state index in [1.807, 2.05) is 109 Å². The molecule has 0 saturated carbocycles. The summed E-state index contributed by atoms with van der Waals surface area (Å²) in [7, 11) is 1.62. The van der Waals surface area contributed by atoms with Gasteiger partial charge in [-0.2, -0.15) is 10.1 Å². The third-order valence-corrected chi connectivity index (χ3v) is 6.52. The molecule has 0 saturated heterocycles. The summed E-state index contributed by atoms with van der Waals surface area (Å²) in [6.07, 6.45) is 1.86. The van der Waals surface area contributed by atoms with Crippen LogP contribution in [0.2, 0.25) is 0 Å². The highest BCUT2D eigenvalue weighted by atomic mass is 127. The van der Waals surface area contributed by atoms with Crippen molar-refractivity contribution >= 4 is 46.0 Å². The molecule has 4 aromatic rings. The quantitative estimate of drug-likeness (QED) is 0.179. The van der Waals surface area contributed by atoms with Crippen LogP contribution in [0.25, 0.3) is 6.08 Å². The summed E-state index contributed by atoms with van der Waals surface area (Å²) in [6, 6.07) is 33.0. The second-order valence-electron chi connectivity index (χ2n) is 8.13. The molecule has 0 bridgehead atoms. The fraction of sp³-hybridized carbons (Fsp3) is 0.0667. The van der Waals surface area contributed by atoms with Crippen molar-refractivity contribution in [2.24, 2.45) is 5.10 Å². The molecule has 1 aliphatic heterocycles. The molecule has 0 radical (unpaired) electrons. The van der Waals surface area contributed by atoms with Gasteiger partial charge >= 0.3 is 0 Å². The maximum atomic E-state index is 13.5. The first kappa shape index (κ1) is 23.8. The Morgan fingerprint density at radius 3 is 2.19 bits per heavy atom. The highest BCUT2D eigenvalue weighted by Crippen LogP contribution is 2.36. The van der Waals surface area contributed by atoms with E-state index in [4.69, 9.17) is 14.6 Å². The van der Waals surface area contributed by atoms with E-state index in [1.165, 1.54) is 5.01 Å². The van der Waals surface area contributed by atoms with Crippen LogP contribution < -0.4 is 14.5 Å². The Balaban J connectivity index is 1.51. The van der Waals surface area contributed by atoms with E-state index >= 15 is 0 Å². The summed E-state index contributed by atoms with van der Waals surface area (Å²) < 4.78 is 12.7. The summed E-state index contributed by atoms with van der Waals surface area (Å²) in [5.41, 5.74) is 4.63. The Labute approximate surface area is 223 Å². The number of methoxy groups -OCH3 is 1. The predicted octanol–water partition coefficient (Wildman–Crippen LogP) is 6.71. The fourth-order valence-electron chi connectivity index (χ4n) is 3.96. The molecular weight excluding hydrogens is 563 g/mol. The van der Waals surface area contributed by atoms with Crippen molar-refractivity contribution in [2.45, 2.75) is 6.61 Å². The van der Waals surface area contributed by atoms with Gasteiger partial charge < -0.3 is 9.47 Å². The maximum Gasteiger partial charge on any atom is 0.281 e. The maximum absolute atomic E-state index is 13.5. The zero-order valence-corrected chi connectivity index (χ0v) is 21.8. The number of para-hydroxylation sites is 1. The number of nitrogens with zero attached hydrogens (tertiary/aromatic N) is 2. The topological polar surface area (TPSA) is 51.1 Å². The van der Waals surface area contributed by atoms with Crippen LogP contribution in [0, 0.1) is 3.57 Å². The highest BCUT2D eigenvalue weighted by molar-refractivity contribution is 14.1. The van der Waals surface area contributed by atoms with Crippen LogP contribution in [-0.4, -0.2) is 18.7 Å². The Kier molecular flexibility index (Phi) is 7.13. The first-order valence-electron chi connectivity index (χ1n) is 11.4. The number of amides is 1. The van der Waals surface area contributed by atoms with E-state index in [0.29, 0.717) is 29.4 Å². The van der Waals surface area contributed by atoms with Gasteiger partial charge in [0.2, 0.25) is 0 Å². The molecule has 36 heavy (non-hydrogen) atoms. The predicted molar refractivity (Wildman–Crippen MR) is 151 cm³/mol. The minimum absolute atomic E-state index is 0.182. The van der Waals surface area contributed by atoms with Gasteiger partial charge in [0.25, 0.3) is 5.91 Å². The van der Waals surface area contributed by atoms with Crippen LogP contribution in [-0.2, 0) is 11.4 Å². The van der Waals surface area contributed by atoms with Gasteiger partial charge in [-0.05, 0) is 64.1 Å². The molecule has 5 nitrogen and oxygen atoms in total. The van der Waals surface area contributed by atoms with Crippen molar-refractivity contribution in [1.29, 1.82) is 0 Å². The molecule has 1 amide bonds. The number of hydrazone groups is 1. The van der Waals surface area contributed by atoms with Gasteiger partial charge in [-0.3, -0.25) is 4.79 Å². The summed E-state index contributed by atoms with van der Waals surface area (Å²) in [6.45, 7) is 0.434. The average molecular weight is 586 g/mol. The van der Waals surface area contributed by atoms with Crippen molar-refractivity contribution < 1.29 is 14.3 Å². The lowest BCUT2D eigenvalue weighted by molar-refractivity contribution is -0.114. The van der Waals surface area contributed by atoms with Crippen molar-refractivity contribution in [3.63, 3.8) is 0 Å². The minimum Gasteiger partial charge on any atom is -0.493 e. The number of benzene rings is 4.